The molecule has 1 aromatic rings. The fourth-order valence-corrected chi connectivity index (χ4v) is 1.82. The summed E-state index contributed by atoms with van der Waals surface area (Å²) in [7, 11) is 1.63. The minimum Gasteiger partial charge on any atom is -0.496 e. The summed E-state index contributed by atoms with van der Waals surface area (Å²) >= 11 is 0. The molecule has 98 valence electrons. The molecule has 0 aliphatic rings. The second-order valence-electron chi connectivity index (χ2n) is 4.34. The van der Waals surface area contributed by atoms with Crippen LogP contribution in [-0.2, 0) is 11.3 Å². The maximum absolute atomic E-state index is 8.88. The van der Waals surface area contributed by atoms with E-state index in [2.05, 4.69) is 19.9 Å². The van der Waals surface area contributed by atoms with Crippen LogP contribution in [0, 0.1) is 17.2 Å². The lowest BCUT2D eigenvalue weighted by Crippen LogP contribution is -2.08. The third kappa shape index (κ3) is 4.05. The van der Waals surface area contributed by atoms with Gasteiger partial charge in [-0.1, -0.05) is 26.7 Å². The Labute approximate surface area is 109 Å². The highest BCUT2D eigenvalue weighted by molar-refractivity contribution is 5.41. The minimum absolute atomic E-state index is 0.495. The summed E-state index contributed by atoms with van der Waals surface area (Å²) in [4.78, 5) is 0. The van der Waals surface area contributed by atoms with Crippen molar-refractivity contribution in [3.8, 4) is 11.8 Å². The minimum atomic E-state index is 0.495. The van der Waals surface area contributed by atoms with Crippen LogP contribution in [-0.4, -0.2) is 13.7 Å². The molecule has 1 rings (SSSR count). The molecule has 0 spiro atoms. The Hall–Kier alpha value is -1.53. The average molecular weight is 247 g/mol. The van der Waals surface area contributed by atoms with Gasteiger partial charge in [0, 0.05) is 12.2 Å². The van der Waals surface area contributed by atoms with Crippen LogP contribution in [0.3, 0.4) is 0 Å². The highest BCUT2D eigenvalue weighted by atomic mass is 16.5. The van der Waals surface area contributed by atoms with Crippen molar-refractivity contribution in [2.24, 2.45) is 5.92 Å². The first-order valence-electron chi connectivity index (χ1n) is 6.39. The molecule has 0 atom stereocenters. The third-order valence-corrected chi connectivity index (χ3v) is 3.18. The molecule has 0 saturated heterocycles. The summed E-state index contributed by atoms with van der Waals surface area (Å²) in [6.45, 7) is 5.60. The van der Waals surface area contributed by atoms with Crippen LogP contribution in [0.4, 0.5) is 0 Å². The molecule has 3 heteroatoms. The van der Waals surface area contributed by atoms with Gasteiger partial charge >= 0.3 is 0 Å². The third-order valence-electron chi connectivity index (χ3n) is 3.18. The molecule has 0 aliphatic carbocycles. The lowest BCUT2D eigenvalue weighted by Gasteiger charge is -2.14. The lowest BCUT2D eigenvalue weighted by atomic mass is 10.1. The van der Waals surface area contributed by atoms with Crippen molar-refractivity contribution in [1.82, 2.24) is 0 Å². The molecule has 3 nitrogen and oxygen atoms in total. The van der Waals surface area contributed by atoms with Crippen LogP contribution in [0.1, 0.15) is 37.8 Å². The van der Waals surface area contributed by atoms with E-state index in [-0.39, 0.29) is 0 Å². The molecule has 0 bridgehead atoms. The normalized spacial score (nSPS) is 10.4. The van der Waals surface area contributed by atoms with Gasteiger partial charge in [0.2, 0.25) is 0 Å². The summed E-state index contributed by atoms with van der Waals surface area (Å²) < 4.78 is 11.0. The molecule has 0 N–H and O–H groups in total. The lowest BCUT2D eigenvalue weighted by molar-refractivity contribution is 0.0830. The van der Waals surface area contributed by atoms with Gasteiger partial charge in [-0.05, 0) is 24.1 Å². The van der Waals surface area contributed by atoms with Crippen LogP contribution in [0.5, 0.6) is 5.75 Å². The number of hydrogen-bond acceptors (Lipinski definition) is 3. The first-order chi connectivity index (χ1) is 8.74. The van der Waals surface area contributed by atoms with E-state index in [0.29, 0.717) is 18.1 Å². The number of hydrogen-bond donors (Lipinski definition) is 0. The maximum Gasteiger partial charge on any atom is 0.124 e. The Morgan fingerprint density at radius 3 is 2.56 bits per heavy atom. The van der Waals surface area contributed by atoms with Crippen molar-refractivity contribution in [3.63, 3.8) is 0 Å². The van der Waals surface area contributed by atoms with Crippen LogP contribution in [0.2, 0.25) is 0 Å². The number of nitrogens with zero attached hydrogens (tertiary/aromatic N) is 1. The number of rotatable bonds is 7. The van der Waals surface area contributed by atoms with Gasteiger partial charge in [0.25, 0.3) is 0 Å². The van der Waals surface area contributed by atoms with Gasteiger partial charge in [-0.3, -0.25) is 0 Å². The molecule has 0 amide bonds. The Balaban J connectivity index is 2.63. The Bertz CT molecular complexity index is 405. The van der Waals surface area contributed by atoms with Gasteiger partial charge < -0.3 is 9.47 Å². The zero-order valence-corrected chi connectivity index (χ0v) is 11.4. The summed E-state index contributed by atoms with van der Waals surface area (Å²) in [5.74, 6) is 1.38. The van der Waals surface area contributed by atoms with E-state index in [4.69, 9.17) is 14.7 Å². The van der Waals surface area contributed by atoms with Gasteiger partial charge in [0.1, 0.15) is 5.75 Å². The van der Waals surface area contributed by atoms with Gasteiger partial charge in [-0.25, -0.2) is 0 Å². The SMILES string of the molecule is CCC(CC)COCc1cc(C#N)ccc1OC. The maximum atomic E-state index is 8.88. The smallest absolute Gasteiger partial charge is 0.124 e. The first-order valence-corrected chi connectivity index (χ1v) is 6.39. The van der Waals surface area contributed by atoms with E-state index in [1.165, 1.54) is 0 Å². The van der Waals surface area contributed by atoms with Crippen LogP contribution in [0.15, 0.2) is 18.2 Å². The molecular formula is C15H21NO2. The second kappa shape index (κ2) is 7.73. The zero-order chi connectivity index (χ0) is 13.4. The molecule has 0 unspecified atom stereocenters. The fourth-order valence-electron chi connectivity index (χ4n) is 1.82. The number of ether oxygens (including phenoxy) is 2. The van der Waals surface area contributed by atoms with Crippen LogP contribution >= 0.6 is 0 Å². The quantitative estimate of drug-likeness (QED) is 0.740. The van der Waals surface area contributed by atoms with E-state index in [9.17, 15) is 0 Å². The molecule has 0 radical (unpaired) electrons. The summed E-state index contributed by atoms with van der Waals surface area (Å²) in [5.41, 5.74) is 1.57. The predicted octanol–water partition coefficient (Wildman–Crippen LogP) is 3.52. The van der Waals surface area contributed by atoms with Crippen molar-refractivity contribution in [3.05, 3.63) is 29.3 Å². The van der Waals surface area contributed by atoms with Gasteiger partial charge in [-0.2, -0.15) is 5.26 Å². The molecule has 0 heterocycles. The van der Waals surface area contributed by atoms with Crippen molar-refractivity contribution >= 4 is 0 Å². The van der Waals surface area contributed by atoms with Gasteiger partial charge in [-0.15, -0.1) is 0 Å². The second-order valence-corrected chi connectivity index (χ2v) is 4.34. The van der Waals surface area contributed by atoms with E-state index in [0.717, 1.165) is 30.8 Å². The van der Waals surface area contributed by atoms with E-state index < -0.39 is 0 Å². The largest absolute Gasteiger partial charge is 0.496 e. The van der Waals surface area contributed by atoms with Crippen molar-refractivity contribution in [1.29, 1.82) is 5.26 Å². The number of benzene rings is 1. The van der Waals surface area contributed by atoms with Crippen LogP contribution in [0.25, 0.3) is 0 Å². The summed E-state index contributed by atoms with van der Waals surface area (Å²) in [6.07, 6.45) is 2.26. The monoisotopic (exact) mass is 247 g/mol. The topological polar surface area (TPSA) is 42.2 Å². The molecule has 0 aliphatic heterocycles. The number of methoxy groups -OCH3 is 1. The zero-order valence-electron chi connectivity index (χ0n) is 11.4. The first kappa shape index (κ1) is 14.5. The summed E-state index contributed by atoms with van der Waals surface area (Å²) in [5, 5.41) is 8.88. The van der Waals surface area contributed by atoms with Gasteiger partial charge in [0.05, 0.1) is 25.3 Å². The van der Waals surface area contributed by atoms with Crippen LogP contribution < -0.4 is 4.74 Å². The van der Waals surface area contributed by atoms with E-state index >= 15 is 0 Å². The average Bonchev–Trinajstić information content (AvgIpc) is 2.43. The molecular weight excluding hydrogens is 226 g/mol. The highest BCUT2D eigenvalue weighted by Crippen LogP contribution is 2.21. The Morgan fingerprint density at radius 2 is 2.00 bits per heavy atom. The Morgan fingerprint density at radius 1 is 1.28 bits per heavy atom. The molecule has 0 fully saturated rings. The fraction of sp³-hybridized carbons (Fsp3) is 0.533. The van der Waals surface area contributed by atoms with Crippen molar-refractivity contribution in [2.75, 3.05) is 13.7 Å². The molecule has 18 heavy (non-hydrogen) atoms. The number of nitriles is 1. The van der Waals surface area contributed by atoms with Crippen molar-refractivity contribution < 1.29 is 9.47 Å². The highest BCUT2D eigenvalue weighted by Gasteiger charge is 2.07. The molecule has 1 aromatic carbocycles. The summed E-state index contributed by atoms with van der Waals surface area (Å²) in [6, 6.07) is 7.52. The molecule has 0 aromatic heterocycles. The predicted molar refractivity (Wildman–Crippen MR) is 71.4 cm³/mol. The van der Waals surface area contributed by atoms with Gasteiger partial charge in [0.15, 0.2) is 0 Å². The Kier molecular flexibility index (Phi) is 6.24. The molecule has 0 saturated carbocycles. The van der Waals surface area contributed by atoms with Crippen molar-refractivity contribution in [2.45, 2.75) is 33.3 Å². The van der Waals surface area contributed by atoms with E-state index in [1.807, 2.05) is 12.1 Å². The standard InChI is InChI=1S/C15H21NO2/c1-4-12(5-2)10-18-11-14-8-13(9-16)6-7-15(14)17-3/h6-8,12H,4-5,10-11H2,1-3H3. The van der Waals surface area contributed by atoms with E-state index in [1.54, 1.807) is 13.2 Å².